The normalized spacial score (nSPS) is 21.7. The first-order chi connectivity index (χ1) is 10.6. The van der Waals surface area contributed by atoms with E-state index < -0.39 is 65.0 Å². The molecule has 1 aliphatic rings. The first kappa shape index (κ1) is 17.3. The van der Waals surface area contributed by atoms with Gasteiger partial charge >= 0.3 is 5.97 Å². The van der Waals surface area contributed by atoms with Crippen LogP contribution in [0.3, 0.4) is 0 Å². The number of aromatic nitrogens is 1. The number of halogens is 6. The molecule has 1 aromatic heterocycles. The van der Waals surface area contributed by atoms with Gasteiger partial charge in [0, 0.05) is 5.92 Å². The number of esters is 1. The van der Waals surface area contributed by atoms with Crippen LogP contribution < -0.4 is 0 Å². The van der Waals surface area contributed by atoms with Crippen LogP contribution in [0.4, 0.5) is 26.3 Å². The topological polar surface area (TPSA) is 39.2 Å². The van der Waals surface area contributed by atoms with Crippen LogP contribution >= 0.6 is 0 Å². The van der Waals surface area contributed by atoms with Gasteiger partial charge < -0.3 is 4.74 Å². The van der Waals surface area contributed by atoms with Gasteiger partial charge in [0.15, 0.2) is 5.82 Å². The highest BCUT2D eigenvalue weighted by molar-refractivity contribution is 5.78. The van der Waals surface area contributed by atoms with E-state index in [1.165, 1.54) is 0 Å². The van der Waals surface area contributed by atoms with Crippen molar-refractivity contribution < 1.29 is 35.9 Å². The van der Waals surface area contributed by atoms with Gasteiger partial charge in [0.25, 0.3) is 12.0 Å². The molecule has 0 aliphatic heterocycles. The Labute approximate surface area is 127 Å². The fraction of sp³-hybridized carbons (Fsp3) is 0.429. The lowest BCUT2D eigenvalue weighted by Crippen LogP contribution is -2.14. The Kier molecular flexibility index (Phi) is 4.41. The molecular formula is C14H11F6NO2. The van der Waals surface area contributed by atoms with Crippen LogP contribution in [0.15, 0.2) is 12.2 Å². The third-order valence-corrected chi connectivity index (χ3v) is 3.87. The molecule has 126 valence electrons. The summed E-state index contributed by atoms with van der Waals surface area (Å²) < 4.78 is 81.2. The summed E-state index contributed by atoms with van der Waals surface area (Å²) in [6.45, 7) is 2.16. The lowest BCUT2D eigenvalue weighted by Gasteiger charge is -2.07. The molecule has 0 amide bonds. The quantitative estimate of drug-likeness (QED) is 0.477. The number of allylic oxidation sites excluding steroid dienone is 1. The molecule has 0 radical (unpaired) electrons. The monoisotopic (exact) mass is 339 g/mol. The molecular weight excluding hydrogens is 328 g/mol. The third-order valence-electron chi connectivity index (χ3n) is 3.87. The first-order valence-electron chi connectivity index (χ1n) is 6.45. The van der Waals surface area contributed by atoms with E-state index in [1.807, 2.05) is 0 Å². The summed E-state index contributed by atoms with van der Waals surface area (Å²) in [5, 5.41) is 0. The summed E-state index contributed by atoms with van der Waals surface area (Å²) in [5.74, 6) is -10.4. The molecule has 1 saturated carbocycles. The summed E-state index contributed by atoms with van der Waals surface area (Å²) in [7, 11) is 0. The van der Waals surface area contributed by atoms with E-state index >= 15 is 0 Å². The molecule has 0 spiro atoms. The molecule has 1 heterocycles. The largest absolute Gasteiger partial charge is 0.459 e. The van der Waals surface area contributed by atoms with Gasteiger partial charge in [-0.05, 0) is 11.5 Å². The molecule has 0 bridgehead atoms. The maximum absolute atomic E-state index is 13.4. The van der Waals surface area contributed by atoms with Gasteiger partial charge in [0.1, 0.15) is 12.3 Å². The standard InChI is InChI=1S/C14H11F6NO2/c1-14(2)5(3-7(15)16)8(14)13(22)23-4-6-9(17)10(18)11(19)12(20)21-6/h3,5,8H,4H2,1-2H3/t5-,8-/m1/s1. The van der Waals surface area contributed by atoms with Crippen molar-refractivity contribution >= 4 is 5.97 Å². The fourth-order valence-corrected chi connectivity index (χ4v) is 2.43. The van der Waals surface area contributed by atoms with Crippen LogP contribution in [0, 0.1) is 40.7 Å². The predicted molar refractivity (Wildman–Crippen MR) is 64.9 cm³/mol. The number of carbonyl (C=O) groups excluding carboxylic acids is 1. The molecule has 2 rings (SSSR count). The minimum absolute atomic E-state index is 0.613. The van der Waals surface area contributed by atoms with Crippen molar-refractivity contribution in [1.82, 2.24) is 4.98 Å². The van der Waals surface area contributed by atoms with E-state index in [9.17, 15) is 31.1 Å². The van der Waals surface area contributed by atoms with Crippen LogP contribution in [0.5, 0.6) is 0 Å². The number of hydrogen-bond acceptors (Lipinski definition) is 3. The number of carbonyl (C=O) groups is 1. The van der Waals surface area contributed by atoms with E-state index in [-0.39, 0.29) is 0 Å². The number of rotatable bonds is 4. The second-order valence-electron chi connectivity index (χ2n) is 5.68. The van der Waals surface area contributed by atoms with Crippen molar-refractivity contribution in [2.24, 2.45) is 17.3 Å². The summed E-state index contributed by atoms with van der Waals surface area (Å²) in [4.78, 5) is 14.6. The minimum atomic E-state index is -2.08. The van der Waals surface area contributed by atoms with E-state index in [1.54, 1.807) is 13.8 Å². The Morgan fingerprint density at radius 3 is 2.35 bits per heavy atom. The maximum atomic E-state index is 13.4. The van der Waals surface area contributed by atoms with Crippen molar-refractivity contribution in [2.45, 2.75) is 20.5 Å². The van der Waals surface area contributed by atoms with Gasteiger partial charge in [0.2, 0.25) is 11.6 Å². The van der Waals surface area contributed by atoms with Crippen LogP contribution in [-0.4, -0.2) is 11.0 Å². The van der Waals surface area contributed by atoms with Gasteiger partial charge in [-0.3, -0.25) is 4.79 Å². The van der Waals surface area contributed by atoms with Crippen molar-refractivity contribution in [1.29, 1.82) is 0 Å². The van der Waals surface area contributed by atoms with E-state index in [0.717, 1.165) is 0 Å². The second kappa shape index (κ2) is 5.86. The summed E-state index contributed by atoms with van der Waals surface area (Å²) in [6, 6.07) is 0. The van der Waals surface area contributed by atoms with Crippen molar-refractivity contribution in [2.75, 3.05) is 0 Å². The zero-order chi connectivity index (χ0) is 17.5. The van der Waals surface area contributed by atoms with Gasteiger partial charge in [-0.1, -0.05) is 13.8 Å². The fourth-order valence-electron chi connectivity index (χ4n) is 2.43. The molecule has 1 fully saturated rings. The Hall–Kier alpha value is -2.06. The average molecular weight is 339 g/mol. The molecule has 0 N–H and O–H groups in total. The Morgan fingerprint density at radius 1 is 1.17 bits per heavy atom. The molecule has 9 heteroatoms. The molecule has 2 atom stereocenters. The maximum Gasteiger partial charge on any atom is 0.310 e. The zero-order valence-electron chi connectivity index (χ0n) is 12.0. The predicted octanol–water partition coefficient (Wildman–Crippen LogP) is 3.73. The van der Waals surface area contributed by atoms with E-state index in [4.69, 9.17) is 0 Å². The average Bonchev–Trinajstić information content (AvgIpc) is 2.99. The highest BCUT2D eigenvalue weighted by Crippen LogP contribution is 2.60. The molecule has 0 aromatic carbocycles. The highest BCUT2D eigenvalue weighted by Gasteiger charge is 2.62. The van der Waals surface area contributed by atoms with E-state index in [2.05, 4.69) is 9.72 Å². The number of pyridine rings is 1. The molecule has 23 heavy (non-hydrogen) atoms. The van der Waals surface area contributed by atoms with Crippen LogP contribution in [0.2, 0.25) is 0 Å². The zero-order valence-corrected chi connectivity index (χ0v) is 12.0. The molecule has 0 unspecified atom stereocenters. The minimum Gasteiger partial charge on any atom is -0.459 e. The van der Waals surface area contributed by atoms with Gasteiger partial charge in [-0.2, -0.15) is 17.6 Å². The van der Waals surface area contributed by atoms with Crippen molar-refractivity contribution in [3.8, 4) is 0 Å². The lowest BCUT2D eigenvalue weighted by atomic mass is 10.1. The van der Waals surface area contributed by atoms with Crippen LogP contribution in [0.25, 0.3) is 0 Å². The second-order valence-corrected chi connectivity index (χ2v) is 5.68. The Morgan fingerprint density at radius 2 is 1.78 bits per heavy atom. The SMILES string of the molecule is CC1(C)[C@H](C=C(F)F)[C@@H]1C(=O)OCc1nc(F)c(F)c(F)c1F. The third kappa shape index (κ3) is 3.18. The van der Waals surface area contributed by atoms with Gasteiger partial charge in [-0.25, -0.2) is 13.8 Å². The first-order valence-corrected chi connectivity index (χ1v) is 6.45. The summed E-state index contributed by atoms with van der Waals surface area (Å²) in [6.07, 6.45) is -1.34. The molecule has 0 saturated heterocycles. The van der Waals surface area contributed by atoms with Crippen molar-refractivity contribution in [3.63, 3.8) is 0 Å². The Bertz CT molecular complexity index is 684. The van der Waals surface area contributed by atoms with Gasteiger partial charge in [0.05, 0.1) is 5.92 Å². The van der Waals surface area contributed by atoms with E-state index in [0.29, 0.717) is 6.08 Å². The van der Waals surface area contributed by atoms with Crippen LogP contribution in [-0.2, 0) is 16.1 Å². The highest BCUT2D eigenvalue weighted by atomic mass is 19.3. The van der Waals surface area contributed by atoms with Crippen LogP contribution in [0.1, 0.15) is 19.5 Å². The molecule has 1 aromatic rings. The Balaban J connectivity index is 2.08. The summed E-state index contributed by atoms with van der Waals surface area (Å²) in [5.41, 5.74) is -1.72. The number of ether oxygens (including phenoxy) is 1. The number of nitrogens with zero attached hydrogens (tertiary/aromatic N) is 1. The van der Waals surface area contributed by atoms with Gasteiger partial charge in [-0.15, -0.1) is 0 Å². The summed E-state index contributed by atoms with van der Waals surface area (Å²) >= 11 is 0. The molecule has 3 nitrogen and oxygen atoms in total. The molecule has 1 aliphatic carbocycles. The van der Waals surface area contributed by atoms with Crippen molar-refractivity contribution in [3.05, 3.63) is 41.2 Å². The smallest absolute Gasteiger partial charge is 0.310 e. The lowest BCUT2D eigenvalue weighted by molar-refractivity contribution is -0.147. The number of hydrogen-bond donors (Lipinski definition) is 0.